The summed E-state index contributed by atoms with van der Waals surface area (Å²) in [6.07, 6.45) is -1.87. The van der Waals surface area contributed by atoms with Crippen LogP contribution in [0.4, 0.5) is 4.79 Å². The van der Waals surface area contributed by atoms with Gasteiger partial charge in [0.15, 0.2) is 0 Å². The Kier molecular flexibility index (Phi) is 7.48. The number of carbonyl (C=O) groups is 2. The summed E-state index contributed by atoms with van der Waals surface area (Å²) >= 11 is 0. The molecular formula is C28H29NO6. The van der Waals surface area contributed by atoms with Gasteiger partial charge in [-0.3, -0.25) is 4.90 Å². The van der Waals surface area contributed by atoms with Gasteiger partial charge in [0.2, 0.25) is 5.60 Å². The Balaban J connectivity index is 1.70. The number of carbonyl (C=O) groups excluding carboxylic acids is 1. The van der Waals surface area contributed by atoms with E-state index in [-0.39, 0.29) is 26.0 Å². The second-order valence-electron chi connectivity index (χ2n) is 8.96. The predicted octanol–water partition coefficient (Wildman–Crippen LogP) is 3.56. The van der Waals surface area contributed by atoms with Gasteiger partial charge in [-0.05, 0) is 28.7 Å². The predicted molar refractivity (Wildman–Crippen MR) is 129 cm³/mol. The summed E-state index contributed by atoms with van der Waals surface area (Å²) in [5.74, 6) is -1.29. The summed E-state index contributed by atoms with van der Waals surface area (Å²) in [4.78, 5) is 27.4. The van der Waals surface area contributed by atoms with Crippen LogP contribution in [0.2, 0.25) is 0 Å². The number of aliphatic carboxylic acids is 1. The summed E-state index contributed by atoms with van der Waals surface area (Å²) in [5.41, 5.74) is 1.22. The normalized spacial score (nSPS) is 22.3. The number of nitrogens with zero attached hydrogens (tertiary/aromatic N) is 1. The molecule has 3 N–H and O–H groups in total. The average Bonchev–Trinajstić information content (AvgIpc) is 2.96. The van der Waals surface area contributed by atoms with Crippen LogP contribution < -0.4 is 0 Å². The lowest BCUT2D eigenvalue weighted by Crippen LogP contribution is -2.47. The molecule has 3 unspecified atom stereocenters. The minimum Gasteiger partial charge on any atom is -0.478 e. The number of carboxylic acids is 1. The first-order valence-corrected chi connectivity index (χ1v) is 11.6. The van der Waals surface area contributed by atoms with Crippen molar-refractivity contribution in [2.45, 2.75) is 50.2 Å². The average molecular weight is 476 g/mol. The number of amides is 1. The molecule has 1 heterocycles. The highest BCUT2D eigenvalue weighted by Crippen LogP contribution is 2.33. The fraction of sp³-hybridized carbons (Fsp3) is 0.286. The van der Waals surface area contributed by atoms with Crippen molar-refractivity contribution in [1.29, 1.82) is 0 Å². The van der Waals surface area contributed by atoms with Crippen LogP contribution in [0.5, 0.6) is 0 Å². The van der Waals surface area contributed by atoms with Crippen LogP contribution in [0, 0.1) is 0 Å². The Morgan fingerprint density at radius 1 is 0.886 bits per heavy atom. The molecule has 1 saturated heterocycles. The van der Waals surface area contributed by atoms with Gasteiger partial charge in [0.25, 0.3) is 0 Å². The summed E-state index contributed by atoms with van der Waals surface area (Å²) in [5, 5.41) is 30.9. The number of aliphatic hydroxyl groups excluding tert-OH is 2. The van der Waals surface area contributed by atoms with Gasteiger partial charge in [-0.2, -0.15) is 0 Å². The van der Waals surface area contributed by atoms with E-state index in [1.54, 1.807) is 48.5 Å². The monoisotopic (exact) mass is 475 g/mol. The third-order valence-electron chi connectivity index (χ3n) is 6.47. The van der Waals surface area contributed by atoms with Crippen molar-refractivity contribution in [3.8, 4) is 0 Å². The Morgan fingerprint density at radius 2 is 1.46 bits per heavy atom. The summed E-state index contributed by atoms with van der Waals surface area (Å²) in [6, 6.07) is 24.8. The maximum Gasteiger partial charge on any atom is 0.411 e. The molecule has 7 nitrogen and oxygen atoms in total. The Labute approximate surface area is 204 Å². The second kappa shape index (κ2) is 10.7. The molecule has 0 spiro atoms. The van der Waals surface area contributed by atoms with Gasteiger partial charge < -0.3 is 20.1 Å². The first kappa shape index (κ1) is 24.4. The molecule has 3 aromatic rings. The summed E-state index contributed by atoms with van der Waals surface area (Å²) in [6.45, 7) is 0.0299. The maximum absolute atomic E-state index is 13.5. The van der Waals surface area contributed by atoms with Crippen LogP contribution in [0.15, 0.2) is 84.9 Å². The van der Waals surface area contributed by atoms with Crippen molar-refractivity contribution >= 4 is 12.1 Å². The lowest BCUT2D eigenvalue weighted by atomic mass is 9.85. The molecule has 7 heteroatoms. The van der Waals surface area contributed by atoms with E-state index in [9.17, 15) is 24.9 Å². The Bertz CT molecular complexity index is 1140. The number of benzene rings is 3. The molecule has 0 aromatic heterocycles. The number of hydrogen-bond donors (Lipinski definition) is 3. The van der Waals surface area contributed by atoms with Gasteiger partial charge in [0, 0.05) is 19.4 Å². The lowest BCUT2D eigenvalue weighted by molar-refractivity contribution is -0.161. The molecular weight excluding hydrogens is 446 g/mol. The fourth-order valence-electron chi connectivity index (χ4n) is 4.56. The van der Waals surface area contributed by atoms with Crippen LogP contribution in [0.3, 0.4) is 0 Å². The summed E-state index contributed by atoms with van der Waals surface area (Å²) in [7, 11) is 0. The van der Waals surface area contributed by atoms with Gasteiger partial charge in [-0.1, -0.05) is 84.9 Å². The molecule has 182 valence electrons. The van der Waals surface area contributed by atoms with Crippen LogP contribution in [-0.4, -0.2) is 50.0 Å². The maximum atomic E-state index is 13.5. The van der Waals surface area contributed by atoms with E-state index in [1.807, 2.05) is 36.4 Å². The van der Waals surface area contributed by atoms with Crippen molar-refractivity contribution in [2.24, 2.45) is 0 Å². The van der Waals surface area contributed by atoms with Crippen LogP contribution in [0.1, 0.15) is 28.7 Å². The molecule has 1 fully saturated rings. The molecule has 4 rings (SSSR count). The molecule has 0 aliphatic carbocycles. The smallest absolute Gasteiger partial charge is 0.411 e. The van der Waals surface area contributed by atoms with Crippen LogP contribution in [0.25, 0.3) is 0 Å². The topological polar surface area (TPSA) is 107 Å². The first-order valence-electron chi connectivity index (χ1n) is 11.6. The number of cyclic esters (lactones) is 1. The molecule has 35 heavy (non-hydrogen) atoms. The highest BCUT2D eigenvalue weighted by atomic mass is 16.6. The molecule has 0 saturated carbocycles. The number of ether oxygens (including phenoxy) is 1. The van der Waals surface area contributed by atoms with Gasteiger partial charge in [0.1, 0.15) is 0 Å². The van der Waals surface area contributed by atoms with E-state index in [4.69, 9.17) is 4.74 Å². The van der Waals surface area contributed by atoms with Gasteiger partial charge in [-0.25, -0.2) is 9.59 Å². The van der Waals surface area contributed by atoms with Crippen LogP contribution >= 0.6 is 0 Å². The van der Waals surface area contributed by atoms with Crippen molar-refractivity contribution in [3.05, 3.63) is 107 Å². The second-order valence-corrected chi connectivity index (χ2v) is 8.96. The molecule has 3 aromatic carbocycles. The zero-order valence-corrected chi connectivity index (χ0v) is 19.3. The highest BCUT2D eigenvalue weighted by Gasteiger charge is 2.51. The Morgan fingerprint density at radius 3 is 2.03 bits per heavy atom. The van der Waals surface area contributed by atoms with Crippen LogP contribution in [-0.2, 0) is 35.5 Å². The summed E-state index contributed by atoms with van der Waals surface area (Å²) < 4.78 is 5.72. The number of hydrogen-bond acceptors (Lipinski definition) is 5. The van der Waals surface area contributed by atoms with Crippen molar-refractivity contribution < 1.29 is 29.6 Å². The zero-order chi connectivity index (χ0) is 24.8. The van der Waals surface area contributed by atoms with E-state index in [0.29, 0.717) is 12.0 Å². The zero-order valence-electron chi connectivity index (χ0n) is 19.3. The van der Waals surface area contributed by atoms with E-state index >= 15 is 0 Å². The van der Waals surface area contributed by atoms with E-state index in [0.717, 1.165) is 16.7 Å². The lowest BCUT2D eigenvalue weighted by Gasteiger charge is -2.31. The third kappa shape index (κ3) is 5.70. The number of aliphatic hydroxyl groups is 2. The van der Waals surface area contributed by atoms with E-state index < -0.39 is 29.8 Å². The molecule has 3 atom stereocenters. The molecule has 0 bridgehead atoms. The van der Waals surface area contributed by atoms with Crippen molar-refractivity contribution in [2.75, 3.05) is 0 Å². The molecule has 0 radical (unpaired) electrons. The minimum absolute atomic E-state index is 0.0525. The SMILES string of the molecule is O=C1OC(Cc2ccccc2)(C(=O)O)CC(O)C(Cc2ccccc2)N1Cc1ccc(CO)cc1. The minimum atomic E-state index is -1.90. The Hall–Kier alpha value is -3.68. The largest absolute Gasteiger partial charge is 0.478 e. The van der Waals surface area contributed by atoms with Gasteiger partial charge in [-0.15, -0.1) is 0 Å². The van der Waals surface area contributed by atoms with Crippen molar-refractivity contribution in [3.63, 3.8) is 0 Å². The quantitative estimate of drug-likeness (QED) is 0.460. The highest BCUT2D eigenvalue weighted by molar-refractivity contribution is 5.83. The van der Waals surface area contributed by atoms with E-state index in [2.05, 4.69) is 0 Å². The van der Waals surface area contributed by atoms with Crippen molar-refractivity contribution in [1.82, 2.24) is 4.90 Å². The molecule has 1 aliphatic rings. The standard InChI is InChI=1S/C28H29NO6/c30-19-23-13-11-22(12-14-23)18-29-24(15-20-7-3-1-4-8-20)25(31)17-28(26(32)33,35-27(29)34)16-21-9-5-2-6-10-21/h1-14,24-25,30-31H,15-19H2,(H,32,33). The third-order valence-corrected chi connectivity index (χ3v) is 6.47. The number of rotatable bonds is 8. The van der Waals surface area contributed by atoms with Gasteiger partial charge >= 0.3 is 12.1 Å². The number of carboxylic acid groups (broad SMARTS) is 1. The fourth-order valence-corrected chi connectivity index (χ4v) is 4.56. The molecule has 1 aliphatic heterocycles. The van der Waals surface area contributed by atoms with E-state index in [1.165, 1.54) is 4.90 Å². The molecule has 1 amide bonds. The van der Waals surface area contributed by atoms with Gasteiger partial charge in [0.05, 0.1) is 18.8 Å². The first-order chi connectivity index (χ1) is 16.9.